The molecule has 0 bridgehead atoms. The van der Waals surface area contributed by atoms with E-state index in [1.807, 2.05) is 19.1 Å². The highest BCUT2D eigenvalue weighted by Gasteiger charge is 1.99. The highest BCUT2D eigenvalue weighted by Crippen LogP contribution is 2.12. The largest absolute Gasteiger partial charge is 0.478 e. The van der Waals surface area contributed by atoms with E-state index in [0.717, 1.165) is 5.69 Å². The molecule has 0 spiro atoms. The van der Waals surface area contributed by atoms with Crippen LogP contribution in [-0.2, 0) is 0 Å². The molecule has 1 aromatic rings. The summed E-state index contributed by atoms with van der Waals surface area (Å²) in [5, 5.41) is 8.64. The molecule has 1 N–H and O–H groups in total. The van der Waals surface area contributed by atoms with E-state index in [2.05, 4.69) is 4.99 Å². The van der Waals surface area contributed by atoms with Gasteiger partial charge in [-0.3, -0.25) is 4.99 Å². The van der Waals surface area contributed by atoms with Gasteiger partial charge >= 0.3 is 5.97 Å². The van der Waals surface area contributed by atoms with E-state index in [1.165, 1.54) is 12.1 Å². The van der Waals surface area contributed by atoms with Gasteiger partial charge in [-0.1, -0.05) is 6.08 Å². The van der Waals surface area contributed by atoms with Crippen molar-refractivity contribution in [3.8, 4) is 0 Å². The van der Waals surface area contributed by atoms with Crippen molar-refractivity contribution in [1.82, 2.24) is 0 Å². The van der Waals surface area contributed by atoms with Gasteiger partial charge in [-0.2, -0.15) is 0 Å². The number of rotatable bonds is 3. The van der Waals surface area contributed by atoms with Crippen LogP contribution in [-0.4, -0.2) is 17.3 Å². The van der Waals surface area contributed by atoms with Crippen LogP contribution in [0.5, 0.6) is 0 Å². The first-order valence-electron chi connectivity index (χ1n) is 4.22. The van der Waals surface area contributed by atoms with E-state index >= 15 is 0 Å². The minimum atomic E-state index is -0.922. The maximum atomic E-state index is 10.5. The van der Waals surface area contributed by atoms with Crippen molar-refractivity contribution in [3.05, 3.63) is 42.0 Å². The van der Waals surface area contributed by atoms with Gasteiger partial charge in [0.15, 0.2) is 0 Å². The second kappa shape index (κ2) is 4.97. The maximum absolute atomic E-state index is 10.5. The van der Waals surface area contributed by atoms with Crippen LogP contribution in [0.2, 0.25) is 0 Å². The molecule has 0 radical (unpaired) electrons. The molecule has 72 valence electrons. The molecular formula is C11H11NO2. The molecule has 0 heterocycles. The molecule has 0 saturated heterocycles. The van der Waals surface area contributed by atoms with E-state index in [9.17, 15) is 4.79 Å². The van der Waals surface area contributed by atoms with Gasteiger partial charge < -0.3 is 5.11 Å². The molecule has 3 nitrogen and oxygen atoms in total. The molecule has 1 rings (SSSR count). The average molecular weight is 189 g/mol. The fourth-order valence-electron chi connectivity index (χ4n) is 0.905. The van der Waals surface area contributed by atoms with Crippen molar-refractivity contribution in [2.45, 2.75) is 6.92 Å². The van der Waals surface area contributed by atoms with Crippen molar-refractivity contribution in [3.63, 3.8) is 0 Å². The highest BCUT2D eigenvalue weighted by atomic mass is 16.4. The SMILES string of the molecule is C/C=C\C=Nc1ccc(C(=O)O)cc1. The molecular weight excluding hydrogens is 178 g/mol. The lowest BCUT2D eigenvalue weighted by molar-refractivity contribution is 0.0697. The standard InChI is InChI=1S/C11H11NO2/c1-2-3-8-12-10-6-4-9(5-7-10)11(13)14/h2-8H,1H3,(H,13,14)/b3-2-,12-8?. The molecule has 0 atom stereocenters. The van der Waals surface area contributed by atoms with Crippen LogP contribution in [0.4, 0.5) is 5.69 Å². The summed E-state index contributed by atoms with van der Waals surface area (Å²) in [5.74, 6) is -0.922. The number of benzene rings is 1. The van der Waals surface area contributed by atoms with Gasteiger partial charge in [0.2, 0.25) is 0 Å². The number of hydrogen-bond acceptors (Lipinski definition) is 2. The third kappa shape index (κ3) is 2.86. The monoisotopic (exact) mass is 189 g/mol. The lowest BCUT2D eigenvalue weighted by atomic mass is 10.2. The Bertz CT molecular complexity index is 363. The van der Waals surface area contributed by atoms with Gasteiger partial charge in [-0.15, -0.1) is 0 Å². The lowest BCUT2D eigenvalue weighted by Crippen LogP contribution is -1.94. The maximum Gasteiger partial charge on any atom is 0.335 e. The topological polar surface area (TPSA) is 49.7 Å². The van der Waals surface area contributed by atoms with Crippen molar-refractivity contribution >= 4 is 17.9 Å². The second-order valence-corrected chi connectivity index (χ2v) is 2.66. The van der Waals surface area contributed by atoms with Crippen LogP contribution >= 0.6 is 0 Å². The van der Waals surface area contributed by atoms with Crippen molar-refractivity contribution in [2.24, 2.45) is 4.99 Å². The minimum Gasteiger partial charge on any atom is -0.478 e. The van der Waals surface area contributed by atoms with Crippen LogP contribution in [0.1, 0.15) is 17.3 Å². The van der Waals surface area contributed by atoms with Gasteiger partial charge in [0.05, 0.1) is 11.3 Å². The number of carboxylic acid groups (broad SMARTS) is 1. The quantitative estimate of drug-likeness (QED) is 0.743. The summed E-state index contributed by atoms with van der Waals surface area (Å²) >= 11 is 0. The minimum absolute atomic E-state index is 0.273. The van der Waals surface area contributed by atoms with Crippen molar-refractivity contribution < 1.29 is 9.90 Å². The van der Waals surface area contributed by atoms with Gasteiger partial charge in [0.1, 0.15) is 0 Å². The number of hydrogen-bond donors (Lipinski definition) is 1. The Hall–Kier alpha value is -1.90. The van der Waals surface area contributed by atoms with Gasteiger partial charge in [-0.05, 0) is 37.3 Å². The first-order chi connectivity index (χ1) is 6.74. The summed E-state index contributed by atoms with van der Waals surface area (Å²) < 4.78 is 0. The Morgan fingerprint density at radius 3 is 2.50 bits per heavy atom. The van der Waals surface area contributed by atoms with E-state index in [-0.39, 0.29) is 5.56 Å². The zero-order valence-electron chi connectivity index (χ0n) is 7.84. The fourth-order valence-corrected chi connectivity index (χ4v) is 0.905. The number of carbonyl (C=O) groups is 1. The third-order valence-electron chi connectivity index (χ3n) is 1.62. The Morgan fingerprint density at radius 2 is 2.00 bits per heavy atom. The fraction of sp³-hybridized carbons (Fsp3) is 0.0909. The normalized spacial score (nSPS) is 11.2. The molecule has 1 aromatic carbocycles. The smallest absolute Gasteiger partial charge is 0.335 e. The summed E-state index contributed by atoms with van der Waals surface area (Å²) in [7, 11) is 0. The van der Waals surface area contributed by atoms with Crippen molar-refractivity contribution in [2.75, 3.05) is 0 Å². The zero-order valence-corrected chi connectivity index (χ0v) is 7.84. The van der Waals surface area contributed by atoms with Crippen LogP contribution in [0.3, 0.4) is 0 Å². The molecule has 0 aliphatic carbocycles. The molecule has 0 aliphatic rings. The third-order valence-corrected chi connectivity index (χ3v) is 1.62. The summed E-state index contributed by atoms with van der Waals surface area (Å²) in [6.45, 7) is 1.90. The van der Waals surface area contributed by atoms with Gasteiger partial charge in [-0.25, -0.2) is 4.79 Å². The van der Waals surface area contributed by atoms with Crippen LogP contribution < -0.4 is 0 Å². The molecule has 3 heteroatoms. The number of carboxylic acids is 1. The number of allylic oxidation sites excluding steroid dienone is 2. The highest BCUT2D eigenvalue weighted by molar-refractivity contribution is 5.88. The van der Waals surface area contributed by atoms with Crippen LogP contribution in [0.25, 0.3) is 0 Å². The predicted octanol–water partition coefficient (Wildman–Crippen LogP) is 2.66. The molecule has 0 fully saturated rings. The van der Waals surface area contributed by atoms with Gasteiger partial charge in [0.25, 0.3) is 0 Å². The summed E-state index contributed by atoms with van der Waals surface area (Å²) in [5.41, 5.74) is 1.02. The van der Waals surface area contributed by atoms with Crippen LogP contribution in [0.15, 0.2) is 41.4 Å². The molecule has 0 unspecified atom stereocenters. The van der Waals surface area contributed by atoms with Crippen LogP contribution in [0, 0.1) is 0 Å². The summed E-state index contributed by atoms with van der Waals surface area (Å²) in [6.07, 6.45) is 5.34. The van der Waals surface area contributed by atoms with E-state index < -0.39 is 5.97 Å². The Kier molecular flexibility index (Phi) is 3.61. The number of nitrogens with zero attached hydrogens (tertiary/aromatic N) is 1. The van der Waals surface area contributed by atoms with Crippen molar-refractivity contribution in [1.29, 1.82) is 0 Å². The molecule has 0 amide bonds. The number of aromatic carboxylic acids is 1. The number of aliphatic imine (C=N–C) groups is 1. The van der Waals surface area contributed by atoms with E-state index in [0.29, 0.717) is 0 Å². The Balaban J connectivity index is 2.78. The second-order valence-electron chi connectivity index (χ2n) is 2.66. The summed E-state index contributed by atoms with van der Waals surface area (Å²) in [4.78, 5) is 14.6. The molecule has 14 heavy (non-hydrogen) atoms. The zero-order chi connectivity index (χ0) is 10.4. The first-order valence-corrected chi connectivity index (χ1v) is 4.22. The predicted molar refractivity (Wildman–Crippen MR) is 56.4 cm³/mol. The molecule has 0 aromatic heterocycles. The molecule has 0 aliphatic heterocycles. The Labute approximate surface area is 82.4 Å². The Morgan fingerprint density at radius 1 is 1.36 bits per heavy atom. The lowest BCUT2D eigenvalue weighted by Gasteiger charge is -1.94. The molecule has 0 saturated carbocycles. The average Bonchev–Trinajstić information content (AvgIpc) is 2.19. The van der Waals surface area contributed by atoms with E-state index in [1.54, 1.807) is 18.3 Å². The first kappa shape index (κ1) is 10.2. The summed E-state index contributed by atoms with van der Waals surface area (Å²) in [6, 6.07) is 6.40. The van der Waals surface area contributed by atoms with Gasteiger partial charge in [0, 0.05) is 6.21 Å². The van der Waals surface area contributed by atoms with E-state index in [4.69, 9.17) is 5.11 Å².